The van der Waals surface area contributed by atoms with Gasteiger partial charge in [-0.3, -0.25) is 4.79 Å². The molecule has 4 aromatic rings. The van der Waals surface area contributed by atoms with Crippen molar-refractivity contribution in [1.82, 2.24) is 14.2 Å². The molecule has 37 heavy (non-hydrogen) atoms. The van der Waals surface area contributed by atoms with E-state index in [0.717, 1.165) is 40.4 Å². The molecular formula is C30H31N3O3S. The van der Waals surface area contributed by atoms with Crippen molar-refractivity contribution in [2.75, 3.05) is 13.1 Å². The second-order valence-corrected chi connectivity index (χ2v) is 11.2. The van der Waals surface area contributed by atoms with Crippen molar-refractivity contribution in [3.05, 3.63) is 113 Å². The number of hydrogen-bond donors (Lipinski definition) is 1. The molecule has 1 amide bonds. The Morgan fingerprint density at radius 2 is 1.59 bits per heavy atom. The molecule has 5 rings (SSSR count). The monoisotopic (exact) mass is 513 g/mol. The molecule has 1 heterocycles. The minimum absolute atomic E-state index is 0.124. The van der Waals surface area contributed by atoms with E-state index in [1.807, 2.05) is 85.1 Å². The second kappa shape index (κ2) is 11.2. The van der Waals surface area contributed by atoms with Crippen LogP contribution in [-0.4, -0.2) is 47.6 Å². The minimum atomic E-state index is -3.75. The van der Waals surface area contributed by atoms with E-state index in [0.29, 0.717) is 19.5 Å². The van der Waals surface area contributed by atoms with Gasteiger partial charge in [-0.25, -0.2) is 8.42 Å². The molecule has 0 saturated heterocycles. The summed E-state index contributed by atoms with van der Waals surface area (Å²) in [6.45, 7) is 0.765. The van der Waals surface area contributed by atoms with E-state index in [9.17, 15) is 13.2 Å². The van der Waals surface area contributed by atoms with Crippen LogP contribution >= 0.6 is 0 Å². The first kappa shape index (κ1) is 25.0. The Balaban J connectivity index is 1.34. The number of hydrogen-bond acceptors (Lipinski definition) is 3. The molecule has 0 atom stereocenters. The van der Waals surface area contributed by atoms with E-state index in [1.165, 1.54) is 9.71 Å². The van der Waals surface area contributed by atoms with Gasteiger partial charge in [-0.05, 0) is 48.1 Å². The van der Waals surface area contributed by atoms with Gasteiger partial charge >= 0.3 is 0 Å². The predicted octanol–water partition coefficient (Wildman–Crippen LogP) is 5.20. The van der Waals surface area contributed by atoms with Crippen molar-refractivity contribution in [2.45, 2.75) is 31.8 Å². The SMILES string of the molecule is O=C(CN(C1CC1)S(=O)(=O)C=Cc1ccccc1)N(CCc1c[nH]c2ccccc12)Cc1ccccc1. The standard InChI is InChI=1S/C30H31N3O3S/c34-30(23-33(27-15-16-27)37(35,36)20-18-24-9-3-1-4-10-24)32(22-25-11-5-2-6-12-25)19-17-26-21-31-29-14-8-7-13-28(26)29/h1-14,18,20-21,27,31H,15-17,19,22-23H2. The van der Waals surface area contributed by atoms with Gasteiger partial charge in [-0.1, -0.05) is 78.9 Å². The van der Waals surface area contributed by atoms with Gasteiger partial charge in [0.05, 0.1) is 6.54 Å². The van der Waals surface area contributed by atoms with Crippen LogP contribution < -0.4 is 0 Å². The summed E-state index contributed by atoms with van der Waals surface area (Å²) < 4.78 is 27.9. The number of carbonyl (C=O) groups excluding carboxylic acids is 1. The van der Waals surface area contributed by atoms with Gasteiger partial charge in [0.2, 0.25) is 15.9 Å². The molecule has 0 unspecified atom stereocenters. The maximum Gasteiger partial charge on any atom is 0.238 e. The van der Waals surface area contributed by atoms with Crippen LogP contribution in [0.1, 0.15) is 29.5 Å². The van der Waals surface area contributed by atoms with Crippen molar-refractivity contribution in [3.8, 4) is 0 Å². The van der Waals surface area contributed by atoms with Crippen LogP contribution in [-0.2, 0) is 27.8 Å². The summed E-state index contributed by atoms with van der Waals surface area (Å²) in [7, 11) is -3.75. The molecule has 1 saturated carbocycles. The fourth-order valence-electron chi connectivity index (χ4n) is 4.52. The number of rotatable bonds is 11. The Morgan fingerprint density at radius 3 is 2.32 bits per heavy atom. The lowest BCUT2D eigenvalue weighted by atomic mass is 10.1. The summed E-state index contributed by atoms with van der Waals surface area (Å²) in [6, 6.07) is 27.1. The Bertz CT molecular complexity index is 1480. The number of sulfonamides is 1. The van der Waals surface area contributed by atoms with Crippen molar-refractivity contribution in [2.24, 2.45) is 0 Å². The van der Waals surface area contributed by atoms with E-state index >= 15 is 0 Å². The zero-order valence-corrected chi connectivity index (χ0v) is 21.5. The van der Waals surface area contributed by atoms with Crippen molar-refractivity contribution >= 4 is 32.9 Å². The Hall–Kier alpha value is -3.68. The van der Waals surface area contributed by atoms with Gasteiger partial charge in [0.15, 0.2) is 0 Å². The van der Waals surface area contributed by atoms with Crippen molar-refractivity contribution in [3.63, 3.8) is 0 Å². The number of amides is 1. The van der Waals surface area contributed by atoms with Crippen molar-refractivity contribution in [1.29, 1.82) is 0 Å². The number of nitrogens with one attached hydrogen (secondary N) is 1. The number of benzene rings is 3. The molecule has 1 N–H and O–H groups in total. The average molecular weight is 514 g/mol. The fraction of sp³-hybridized carbons (Fsp3) is 0.233. The van der Waals surface area contributed by atoms with Gasteiger partial charge in [0.1, 0.15) is 0 Å². The molecule has 0 spiro atoms. The molecule has 6 nitrogen and oxygen atoms in total. The number of aromatic nitrogens is 1. The molecule has 7 heteroatoms. The van der Waals surface area contributed by atoms with Crippen LogP contribution in [0.4, 0.5) is 0 Å². The first-order valence-electron chi connectivity index (χ1n) is 12.6. The highest BCUT2D eigenvalue weighted by Crippen LogP contribution is 2.30. The van der Waals surface area contributed by atoms with Gasteiger partial charge in [0, 0.05) is 41.6 Å². The normalized spacial score (nSPS) is 14.0. The third kappa shape index (κ3) is 6.37. The lowest BCUT2D eigenvalue weighted by molar-refractivity contribution is -0.132. The molecule has 3 aromatic carbocycles. The number of carbonyl (C=O) groups is 1. The number of nitrogens with zero attached hydrogens (tertiary/aromatic N) is 2. The summed E-state index contributed by atoms with van der Waals surface area (Å²) >= 11 is 0. The van der Waals surface area contributed by atoms with Crippen LogP contribution in [0.2, 0.25) is 0 Å². The third-order valence-corrected chi connectivity index (χ3v) is 8.26. The highest BCUT2D eigenvalue weighted by molar-refractivity contribution is 7.92. The van der Waals surface area contributed by atoms with Gasteiger partial charge in [-0.2, -0.15) is 4.31 Å². The highest BCUT2D eigenvalue weighted by atomic mass is 32.2. The minimum Gasteiger partial charge on any atom is -0.361 e. The summed E-state index contributed by atoms with van der Waals surface area (Å²) in [5, 5.41) is 2.37. The van der Waals surface area contributed by atoms with E-state index < -0.39 is 10.0 Å². The first-order valence-corrected chi connectivity index (χ1v) is 14.1. The van der Waals surface area contributed by atoms with E-state index in [4.69, 9.17) is 0 Å². The van der Waals surface area contributed by atoms with Crippen LogP contribution in [0, 0.1) is 0 Å². The molecule has 1 aliphatic carbocycles. The summed E-state index contributed by atoms with van der Waals surface area (Å²) in [4.78, 5) is 18.7. The zero-order valence-electron chi connectivity index (χ0n) is 20.7. The summed E-state index contributed by atoms with van der Waals surface area (Å²) in [5.74, 6) is -0.188. The van der Waals surface area contributed by atoms with E-state index in [2.05, 4.69) is 11.1 Å². The van der Waals surface area contributed by atoms with Gasteiger partial charge < -0.3 is 9.88 Å². The molecule has 1 fully saturated rings. The van der Waals surface area contributed by atoms with Gasteiger partial charge in [-0.15, -0.1) is 0 Å². The smallest absolute Gasteiger partial charge is 0.238 e. The van der Waals surface area contributed by atoms with E-state index in [-0.39, 0.29) is 18.5 Å². The number of para-hydroxylation sites is 1. The summed E-state index contributed by atoms with van der Waals surface area (Å²) in [6.07, 6.45) is 5.81. The predicted molar refractivity (Wildman–Crippen MR) is 148 cm³/mol. The lowest BCUT2D eigenvalue weighted by Gasteiger charge is -2.27. The topological polar surface area (TPSA) is 73.5 Å². The number of aromatic amines is 1. The maximum absolute atomic E-state index is 13.6. The Kier molecular flexibility index (Phi) is 7.53. The largest absolute Gasteiger partial charge is 0.361 e. The van der Waals surface area contributed by atoms with E-state index in [1.54, 1.807) is 11.0 Å². The summed E-state index contributed by atoms with van der Waals surface area (Å²) in [5.41, 5.74) is 4.02. The highest BCUT2D eigenvalue weighted by Gasteiger charge is 2.38. The van der Waals surface area contributed by atoms with Crippen LogP contribution in [0.5, 0.6) is 0 Å². The molecular weight excluding hydrogens is 482 g/mol. The quantitative estimate of drug-likeness (QED) is 0.299. The van der Waals surface area contributed by atoms with Gasteiger partial charge in [0.25, 0.3) is 0 Å². The molecule has 0 radical (unpaired) electrons. The Labute approximate surface area is 218 Å². The van der Waals surface area contributed by atoms with Crippen LogP contribution in [0.15, 0.2) is 96.5 Å². The van der Waals surface area contributed by atoms with Crippen molar-refractivity contribution < 1.29 is 13.2 Å². The molecule has 190 valence electrons. The number of fused-ring (bicyclic) bond motifs is 1. The number of H-pyrrole nitrogens is 1. The average Bonchev–Trinajstić information content (AvgIpc) is 3.68. The lowest BCUT2D eigenvalue weighted by Crippen LogP contribution is -2.43. The molecule has 1 aliphatic rings. The molecule has 0 bridgehead atoms. The van der Waals surface area contributed by atoms with Crippen LogP contribution in [0.25, 0.3) is 17.0 Å². The Morgan fingerprint density at radius 1 is 0.919 bits per heavy atom. The third-order valence-electron chi connectivity index (χ3n) is 6.70. The molecule has 1 aromatic heterocycles. The first-order chi connectivity index (χ1) is 18.0. The fourth-order valence-corrected chi connectivity index (χ4v) is 5.92. The zero-order chi connectivity index (χ0) is 25.7. The van der Waals surface area contributed by atoms with Crippen LogP contribution in [0.3, 0.4) is 0 Å². The second-order valence-electron chi connectivity index (χ2n) is 9.45. The maximum atomic E-state index is 13.6. The molecule has 0 aliphatic heterocycles.